The van der Waals surface area contributed by atoms with Crippen molar-refractivity contribution < 1.29 is 19.1 Å². The summed E-state index contributed by atoms with van der Waals surface area (Å²) < 4.78 is 6.08. The number of hydrogen-bond donors (Lipinski definition) is 1. The van der Waals surface area contributed by atoms with Crippen LogP contribution in [-0.2, 0) is 11.3 Å². The predicted molar refractivity (Wildman–Crippen MR) is 144 cm³/mol. The van der Waals surface area contributed by atoms with Gasteiger partial charge >= 0.3 is 0 Å². The van der Waals surface area contributed by atoms with E-state index in [1.54, 1.807) is 35.4 Å². The molecule has 3 aromatic rings. The number of benzene rings is 2. The summed E-state index contributed by atoms with van der Waals surface area (Å²) >= 11 is 0. The number of fused-ring (bicyclic) bond motifs is 4. The molecule has 9 nitrogen and oxygen atoms in total. The normalized spacial score (nSPS) is 23.5. The first-order valence-electron chi connectivity index (χ1n) is 13.4. The van der Waals surface area contributed by atoms with Crippen molar-refractivity contribution in [3.05, 3.63) is 95.7 Å². The zero-order chi connectivity index (χ0) is 26.8. The van der Waals surface area contributed by atoms with E-state index in [9.17, 15) is 14.4 Å². The fourth-order valence-electron chi connectivity index (χ4n) is 5.80. The van der Waals surface area contributed by atoms with Gasteiger partial charge in [0.05, 0.1) is 12.1 Å². The highest BCUT2D eigenvalue weighted by Crippen LogP contribution is 2.27. The molecule has 3 atom stereocenters. The van der Waals surface area contributed by atoms with Crippen LogP contribution in [0.4, 0.5) is 0 Å². The largest absolute Gasteiger partial charge is 0.475 e. The summed E-state index contributed by atoms with van der Waals surface area (Å²) in [6.45, 7) is 2.47. The minimum absolute atomic E-state index is 0.00454. The van der Waals surface area contributed by atoms with Gasteiger partial charge in [-0.15, -0.1) is 0 Å². The van der Waals surface area contributed by atoms with Gasteiger partial charge < -0.3 is 19.9 Å². The first kappa shape index (κ1) is 25.1. The number of amides is 3. The standard InChI is InChI=1S/C30H31N5O4/c36-27-25-12-7-13-31-28(25)39-20-24-19-33(29(37)22-10-5-2-6-11-22)14-15-35(24)30(38)26-16-23(32-27)18-34(26)17-21-8-3-1-4-9-21/h1-13,23-24,26H,14-20H2,(H,32,36)/t23-,24-,26-/m0/s1. The van der Waals surface area contributed by atoms with Crippen molar-refractivity contribution in [2.24, 2.45) is 0 Å². The third-order valence-corrected chi connectivity index (χ3v) is 7.75. The molecule has 2 saturated heterocycles. The highest BCUT2D eigenvalue weighted by atomic mass is 16.5. The van der Waals surface area contributed by atoms with Crippen LogP contribution in [-0.4, -0.2) is 88.3 Å². The van der Waals surface area contributed by atoms with Gasteiger partial charge in [0.2, 0.25) is 11.8 Å². The van der Waals surface area contributed by atoms with Gasteiger partial charge in [-0.3, -0.25) is 19.3 Å². The second-order valence-electron chi connectivity index (χ2n) is 10.3. The summed E-state index contributed by atoms with van der Waals surface area (Å²) in [4.78, 5) is 50.7. The molecular weight excluding hydrogens is 494 g/mol. The fraction of sp³-hybridized carbons (Fsp3) is 0.333. The minimum Gasteiger partial charge on any atom is -0.475 e. The molecule has 2 bridgehead atoms. The zero-order valence-electron chi connectivity index (χ0n) is 21.6. The number of nitrogens with one attached hydrogen (secondary N) is 1. The zero-order valence-corrected chi connectivity index (χ0v) is 21.6. The van der Waals surface area contributed by atoms with Crippen LogP contribution in [0.5, 0.6) is 5.88 Å². The Morgan fingerprint density at radius 3 is 2.51 bits per heavy atom. The first-order valence-corrected chi connectivity index (χ1v) is 13.4. The van der Waals surface area contributed by atoms with Gasteiger partial charge in [0.15, 0.2) is 0 Å². The average Bonchev–Trinajstić information content (AvgIpc) is 3.37. The molecule has 39 heavy (non-hydrogen) atoms. The molecule has 3 aliphatic heterocycles. The Kier molecular flexibility index (Phi) is 6.98. The molecule has 0 radical (unpaired) electrons. The Morgan fingerprint density at radius 2 is 1.72 bits per heavy atom. The number of ether oxygens (including phenoxy) is 1. The summed E-state index contributed by atoms with van der Waals surface area (Å²) in [5.74, 6) is -0.105. The maximum atomic E-state index is 14.1. The lowest BCUT2D eigenvalue weighted by Crippen LogP contribution is -2.61. The van der Waals surface area contributed by atoms with Crippen LogP contribution in [0.3, 0.4) is 0 Å². The third kappa shape index (κ3) is 5.22. The Balaban J connectivity index is 1.31. The van der Waals surface area contributed by atoms with Crippen molar-refractivity contribution in [2.75, 3.05) is 32.8 Å². The van der Waals surface area contributed by atoms with Gasteiger partial charge in [-0.05, 0) is 36.2 Å². The number of nitrogens with zero attached hydrogens (tertiary/aromatic N) is 4. The predicted octanol–water partition coefficient (Wildman–Crippen LogP) is 2.20. The quantitative estimate of drug-likeness (QED) is 0.564. The van der Waals surface area contributed by atoms with E-state index >= 15 is 0 Å². The molecule has 0 saturated carbocycles. The van der Waals surface area contributed by atoms with E-state index < -0.39 is 0 Å². The van der Waals surface area contributed by atoms with Gasteiger partial charge in [-0.25, -0.2) is 4.98 Å². The van der Waals surface area contributed by atoms with Crippen molar-refractivity contribution in [2.45, 2.75) is 31.1 Å². The van der Waals surface area contributed by atoms with Crippen LogP contribution < -0.4 is 10.1 Å². The number of likely N-dealkylation sites (tertiary alicyclic amines) is 1. The fourth-order valence-corrected chi connectivity index (χ4v) is 5.80. The second kappa shape index (κ2) is 10.9. The number of pyridine rings is 1. The number of carbonyl (C=O) groups excluding carboxylic acids is 3. The molecule has 6 rings (SSSR count). The maximum Gasteiger partial charge on any atom is 0.257 e. The molecule has 0 aliphatic carbocycles. The molecule has 1 aromatic heterocycles. The monoisotopic (exact) mass is 525 g/mol. The molecule has 4 heterocycles. The lowest BCUT2D eigenvalue weighted by atomic mass is 10.1. The second-order valence-corrected chi connectivity index (χ2v) is 10.3. The molecule has 0 spiro atoms. The first-order chi connectivity index (χ1) is 19.1. The lowest BCUT2D eigenvalue weighted by molar-refractivity contribution is -0.141. The number of aromatic nitrogens is 1. The van der Waals surface area contributed by atoms with E-state index in [1.807, 2.05) is 53.4 Å². The van der Waals surface area contributed by atoms with E-state index in [0.29, 0.717) is 50.3 Å². The smallest absolute Gasteiger partial charge is 0.257 e. The molecular formula is C30H31N5O4. The topological polar surface area (TPSA) is 95.1 Å². The Morgan fingerprint density at radius 1 is 0.949 bits per heavy atom. The number of carbonyl (C=O) groups is 3. The summed E-state index contributed by atoms with van der Waals surface area (Å²) in [7, 11) is 0. The highest BCUT2D eigenvalue weighted by Gasteiger charge is 2.43. The van der Waals surface area contributed by atoms with Gasteiger partial charge in [0.25, 0.3) is 11.8 Å². The molecule has 3 amide bonds. The maximum absolute atomic E-state index is 14.1. The molecule has 3 aliphatic rings. The number of piperazine rings is 1. The molecule has 2 fully saturated rings. The van der Waals surface area contributed by atoms with Crippen molar-refractivity contribution in [3.8, 4) is 5.88 Å². The third-order valence-electron chi connectivity index (χ3n) is 7.75. The van der Waals surface area contributed by atoms with E-state index in [4.69, 9.17) is 4.74 Å². The van der Waals surface area contributed by atoms with Crippen molar-refractivity contribution in [1.82, 2.24) is 25.0 Å². The Labute approximate surface area is 227 Å². The number of hydrogen-bond acceptors (Lipinski definition) is 6. The van der Waals surface area contributed by atoms with Gasteiger partial charge in [-0.2, -0.15) is 0 Å². The lowest BCUT2D eigenvalue weighted by Gasteiger charge is -2.43. The minimum atomic E-state index is -0.387. The van der Waals surface area contributed by atoms with Crippen molar-refractivity contribution >= 4 is 17.7 Å². The van der Waals surface area contributed by atoms with Gasteiger partial charge in [0, 0.05) is 50.5 Å². The highest BCUT2D eigenvalue weighted by molar-refractivity contribution is 5.97. The summed E-state index contributed by atoms with van der Waals surface area (Å²) in [5.41, 5.74) is 2.09. The summed E-state index contributed by atoms with van der Waals surface area (Å²) in [6.07, 6.45) is 2.10. The number of rotatable bonds is 3. The Bertz CT molecular complexity index is 1350. The van der Waals surface area contributed by atoms with Crippen LogP contribution in [0.25, 0.3) is 0 Å². The molecule has 200 valence electrons. The van der Waals surface area contributed by atoms with Gasteiger partial charge in [0.1, 0.15) is 12.2 Å². The Hall–Kier alpha value is -4.24. The summed E-state index contributed by atoms with van der Waals surface area (Å²) in [5, 5.41) is 3.11. The SMILES string of the molecule is O=C1N[C@H]2C[C@@H](C(=O)N3CCN(C(=O)c4ccccc4)C[C@H]3COc3ncccc31)N(Cc1ccccc1)C2. The van der Waals surface area contributed by atoms with E-state index in [1.165, 1.54) is 0 Å². The van der Waals surface area contributed by atoms with Crippen molar-refractivity contribution in [3.63, 3.8) is 0 Å². The molecule has 1 N–H and O–H groups in total. The van der Waals surface area contributed by atoms with Crippen LogP contribution in [0.1, 0.15) is 32.7 Å². The average molecular weight is 526 g/mol. The van der Waals surface area contributed by atoms with E-state index in [0.717, 1.165) is 5.56 Å². The van der Waals surface area contributed by atoms with Crippen LogP contribution in [0.2, 0.25) is 0 Å². The van der Waals surface area contributed by atoms with Gasteiger partial charge in [-0.1, -0.05) is 48.5 Å². The van der Waals surface area contributed by atoms with E-state index in [-0.39, 0.29) is 48.3 Å². The molecule has 0 unspecified atom stereocenters. The van der Waals surface area contributed by atoms with Crippen LogP contribution >= 0.6 is 0 Å². The molecule has 9 heteroatoms. The van der Waals surface area contributed by atoms with Crippen LogP contribution in [0, 0.1) is 0 Å². The van der Waals surface area contributed by atoms with Crippen molar-refractivity contribution in [1.29, 1.82) is 0 Å². The summed E-state index contributed by atoms with van der Waals surface area (Å²) in [6, 6.07) is 21.7. The van der Waals surface area contributed by atoms with Crippen LogP contribution in [0.15, 0.2) is 79.0 Å². The molecule has 2 aromatic carbocycles. The van der Waals surface area contributed by atoms with E-state index in [2.05, 4.69) is 15.2 Å².